The van der Waals surface area contributed by atoms with E-state index in [4.69, 9.17) is 11.6 Å². The van der Waals surface area contributed by atoms with Crippen LogP contribution in [0.2, 0.25) is 5.02 Å². The van der Waals surface area contributed by atoms with Crippen molar-refractivity contribution in [2.45, 2.75) is 10.8 Å². The van der Waals surface area contributed by atoms with Crippen LogP contribution in [0.25, 0.3) is 5.82 Å². The van der Waals surface area contributed by atoms with Crippen LogP contribution < -0.4 is 0 Å². The summed E-state index contributed by atoms with van der Waals surface area (Å²) in [4.78, 5) is 0. The molecule has 6 heteroatoms. The van der Waals surface area contributed by atoms with E-state index in [1.165, 1.54) is 0 Å². The second-order valence-corrected chi connectivity index (χ2v) is 5.46. The maximum Gasteiger partial charge on any atom is 0.175 e. The standard InChI is InChI=1S/C14H11ClN4S/c15-12-5-2-1-4-11(12)10-20-14-7-6-13(17-18-14)19-9-3-8-16-19/h1-9H,10H2. The van der Waals surface area contributed by atoms with E-state index in [1.807, 2.05) is 48.7 Å². The summed E-state index contributed by atoms with van der Waals surface area (Å²) >= 11 is 7.73. The van der Waals surface area contributed by atoms with Gasteiger partial charge in [0.2, 0.25) is 0 Å². The molecule has 3 aromatic rings. The molecule has 0 atom stereocenters. The van der Waals surface area contributed by atoms with Gasteiger partial charge in [0.25, 0.3) is 0 Å². The minimum absolute atomic E-state index is 0.706. The monoisotopic (exact) mass is 302 g/mol. The molecule has 0 saturated carbocycles. The van der Waals surface area contributed by atoms with E-state index >= 15 is 0 Å². The van der Waals surface area contributed by atoms with Gasteiger partial charge in [-0.25, -0.2) is 4.68 Å². The largest absolute Gasteiger partial charge is 0.221 e. The normalized spacial score (nSPS) is 10.7. The molecule has 0 aliphatic rings. The summed E-state index contributed by atoms with van der Waals surface area (Å²) in [6.07, 6.45) is 3.54. The third kappa shape index (κ3) is 3.00. The van der Waals surface area contributed by atoms with Crippen molar-refractivity contribution in [1.82, 2.24) is 20.0 Å². The summed E-state index contributed by atoms with van der Waals surface area (Å²) in [5.41, 5.74) is 1.09. The fourth-order valence-electron chi connectivity index (χ4n) is 1.68. The number of halogens is 1. The lowest BCUT2D eigenvalue weighted by Gasteiger charge is -2.04. The van der Waals surface area contributed by atoms with E-state index in [0.29, 0.717) is 5.82 Å². The number of benzene rings is 1. The molecule has 0 amide bonds. The molecule has 100 valence electrons. The highest BCUT2D eigenvalue weighted by Gasteiger charge is 2.03. The smallest absolute Gasteiger partial charge is 0.175 e. The van der Waals surface area contributed by atoms with E-state index in [9.17, 15) is 0 Å². The van der Waals surface area contributed by atoms with Crippen molar-refractivity contribution >= 4 is 23.4 Å². The van der Waals surface area contributed by atoms with Crippen molar-refractivity contribution < 1.29 is 0 Å². The van der Waals surface area contributed by atoms with Crippen LogP contribution in [0.4, 0.5) is 0 Å². The minimum atomic E-state index is 0.706. The number of hydrogen-bond donors (Lipinski definition) is 0. The molecule has 1 aromatic carbocycles. The molecule has 0 aliphatic heterocycles. The Morgan fingerprint density at radius 1 is 1.05 bits per heavy atom. The second kappa shape index (κ2) is 6.07. The Morgan fingerprint density at radius 2 is 1.95 bits per heavy atom. The maximum atomic E-state index is 6.12. The summed E-state index contributed by atoms with van der Waals surface area (Å²) in [7, 11) is 0. The highest BCUT2D eigenvalue weighted by atomic mass is 35.5. The van der Waals surface area contributed by atoms with Gasteiger partial charge in [-0.3, -0.25) is 0 Å². The van der Waals surface area contributed by atoms with Crippen LogP contribution in [-0.2, 0) is 5.75 Å². The molecule has 0 saturated heterocycles. The van der Waals surface area contributed by atoms with Crippen LogP contribution in [0.15, 0.2) is 59.9 Å². The van der Waals surface area contributed by atoms with Crippen LogP contribution in [0.3, 0.4) is 0 Å². The van der Waals surface area contributed by atoms with E-state index in [-0.39, 0.29) is 0 Å². The number of hydrogen-bond acceptors (Lipinski definition) is 4. The lowest BCUT2D eigenvalue weighted by atomic mass is 10.2. The first-order valence-electron chi connectivity index (χ1n) is 6.03. The van der Waals surface area contributed by atoms with Crippen molar-refractivity contribution in [3.63, 3.8) is 0 Å². The van der Waals surface area contributed by atoms with Gasteiger partial charge in [-0.15, -0.1) is 10.2 Å². The SMILES string of the molecule is Clc1ccccc1CSc1ccc(-n2cccn2)nn1. The third-order valence-electron chi connectivity index (χ3n) is 2.70. The third-order valence-corrected chi connectivity index (χ3v) is 4.04. The Hall–Kier alpha value is -1.85. The zero-order valence-corrected chi connectivity index (χ0v) is 12.1. The molecule has 0 fully saturated rings. The summed E-state index contributed by atoms with van der Waals surface area (Å²) in [5, 5.41) is 14.1. The quantitative estimate of drug-likeness (QED) is 0.691. The predicted molar refractivity (Wildman–Crippen MR) is 80.2 cm³/mol. The van der Waals surface area contributed by atoms with E-state index < -0.39 is 0 Å². The molecule has 2 aromatic heterocycles. The molecule has 20 heavy (non-hydrogen) atoms. The fourth-order valence-corrected chi connectivity index (χ4v) is 2.78. The topological polar surface area (TPSA) is 43.6 Å². The van der Waals surface area contributed by atoms with Gasteiger partial charge in [-0.2, -0.15) is 5.10 Å². The van der Waals surface area contributed by atoms with Gasteiger partial charge < -0.3 is 0 Å². The summed E-state index contributed by atoms with van der Waals surface area (Å²) in [6.45, 7) is 0. The molecule has 0 N–H and O–H groups in total. The second-order valence-electron chi connectivity index (χ2n) is 4.06. The Balaban J connectivity index is 1.68. The fraction of sp³-hybridized carbons (Fsp3) is 0.0714. The van der Waals surface area contributed by atoms with Gasteiger partial charge in [0.05, 0.1) is 0 Å². The van der Waals surface area contributed by atoms with Crippen LogP contribution >= 0.6 is 23.4 Å². The van der Waals surface area contributed by atoms with Crippen molar-refractivity contribution in [3.8, 4) is 5.82 Å². The van der Waals surface area contributed by atoms with Gasteiger partial charge in [-0.1, -0.05) is 41.6 Å². The molecule has 0 bridgehead atoms. The zero-order chi connectivity index (χ0) is 13.8. The first-order valence-corrected chi connectivity index (χ1v) is 7.39. The van der Waals surface area contributed by atoms with Crippen LogP contribution in [0.5, 0.6) is 0 Å². The predicted octanol–water partition coefficient (Wildman–Crippen LogP) is 3.61. The molecule has 0 aliphatic carbocycles. The lowest BCUT2D eigenvalue weighted by Crippen LogP contribution is -1.99. The average molecular weight is 303 g/mol. The van der Waals surface area contributed by atoms with E-state index in [2.05, 4.69) is 15.3 Å². The number of thioether (sulfide) groups is 1. The van der Waals surface area contributed by atoms with Crippen LogP contribution in [-0.4, -0.2) is 20.0 Å². The highest BCUT2D eigenvalue weighted by molar-refractivity contribution is 7.98. The maximum absolute atomic E-state index is 6.12. The minimum Gasteiger partial charge on any atom is -0.221 e. The van der Waals surface area contributed by atoms with Gasteiger partial charge in [0.1, 0.15) is 5.03 Å². The molecular weight excluding hydrogens is 292 g/mol. The molecule has 4 nitrogen and oxygen atoms in total. The molecule has 0 radical (unpaired) electrons. The highest BCUT2D eigenvalue weighted by Crippen LogP contribution is 2.25. The van der Waals surface area contributed by atoms with E-state index in [0.717, 1.165) is 21.4 Å². The number of aromatic nitrogens is 4. The van der Waals surface area contributed by atoms with Crippen molar-refractivity contribution in [2.24, 2.45) is 0 Å². The van der Waals surface area contributed by atoms with Crippen LogP contribution in [0, 0.1) is 0 Å². The van der Waals surface area contributed by atoms with Crippen molar-refractivity contribution in [3.05, 3.63) is 65.4 Å². The Morgan fingerprint density at radius 3 is 2.65 bits per heavy atom. The van der Waals surface area contributed by atoms with E-state index in [1.54, 1.807) is 22.6 Å². The number of nitrogens with zero attached hydrogens (tertiary/aromatic N) is 4. The summed E-state index contributed by atoms with van der Waals surface area (Å²) in [5.74, 6) is 1.48. The van der Waals surface area contributed by atoms with Crippen molar-refractivity contribution in [1.29, 1.82) is 0 Å². The number of rotatable bonds is 4. The van der Waals surface area contributed by atoms with Gasteiger partial charge in [0.15, 0.2) is 5.82 Å². The van der Waals surface area contributed by atoms with Gasteiger partial charge in [0, 0.05) is 23.2 Å². The van der Waals surface area contributed by atoms with Gasteiger partial charge in [-0.05, 0) is 29.8 Å². The first-order chi connectivity index (χ1) is 9.83. The molecule has 2 heterocycles. The zero-order valence-electron chi connectivity index (χ0n) is 10.5. The average Bonchev–Trinajstić information content (AvgIpc) is 3.01. The van der Waals surface area contributed by atoms with Crippen molar-refractivity contribution in [2.75, 3.05) is 0 Å². The van der Waals surface area contributed by atoms with Crippen LogP contribution in [0.1, 0.15) is 5.56 Å². The Bertz CT molecular complexity index is 683. The molecule has 0 spiro atoms. The first kappa shape index (κ1) is 13.1. The lowest BCUT2D eigenvalue weighted by molar-refractivity contribution is 0.792. The summed E-state index contributed by atoms with van der Waals surface area (Å²) in [6, 6.07) is 13.5. The molecular formula is C14H11ClN4S. The Kier molecular flexibility index (Phi) is 3.99. The molecule has 0 unspecified atom stereocenters. The molecule has 3 rings (SSSR count). The summed E-state index contributed by atoms with van der Waals surface area (Å²) < 4.78 is 1.68. The van der Waals surface area contributed by atoms with Gasteiger partial charge >= 0.3 is 0 Å². The Labute approximate surface area is 125 Å².